The lowest BCUT2D eigenvalue weighted by molar-refractivity contribution is -0.112. The number of hydrogen-bond donors (Lipinski definition) is 0. The summed E-state index contributed by atoms with van der Waals surface area (Å²) in [6, 6.07) is 7.87. The average molecular weight is 333 g/mol. The number of nitrogens with zero attached hydrogens (tertiary/aromatic N) is 1. The molecule has 0 aliphatic carbocycles. The number of likely N-dealkylation sites (tertiary alicyclic amines) is 1. The summed E-state index contributed by atoms with van der Waals surface area (Å²) in [6.45, 7) is 10.4. The van der Waals surface area contributed by atoms with E-state index in [9.17, 15) is 9.59 Å². The van der Waals surface area contributed by atoms with Gasteiger partial charge < -0.3 is 19.2 Å². The van der Waals surface area contributed by atoms with E-state index in [4.69, 9.17) is 9.47 Å². The third kappa shape index (κ3) is 4.73. The molecule has 5 nitrogen and oxygen atoms in total. The molecule has 2 atom stereocenters. The summed E-state index contributed by atoms with van der Waals surface area (Å²) in [5.74, 6) is 0.779. The first kappa shape index (κ1) is 18.3. The Kier molecular flexibility index (Phi) is 5.52. The minimum atomic E-state index is -0.557. The highest BCUT2D eigenvalue weighted by Crippen LogP contribution is 2.26. The lowest BCUT2D eigenvalue weighted by Gasteiger charge is -2.24. The Balaban J connectivity index is 2.06. The van der Waals surface area contributed by atoms with E-state index in [1.165, 1.54) is 5.56 Å². The Labute approximate surface area is 143 Å². The van der Waals surface area contributed by atoms with Gasteiger partial charge >= 0.3 is 6.09 Å². The summed E-state index contributed by atoms with van der Waals surface area (Å²) in [5.41, 5.74) is 0.621. The molecule has 2 unspecified atom stereocenters. The van der Waals surface area contributed by atoms with Crippen molar-refractivity contribution in [2.24, 2.45) is 5.92 Å². The van der Waals surface area contributed by atoms with Crippen molar-refractivity contribution < 1.29 is 19.1 Å². The van der Waals surface area contributed by atoms with Gasteiger partial charge in [-0.1, -0.05) is 26.0 Å². The predicted molar refractivity (Wildman–Crippen MR) is 92.3 cm³/mol. The molecular weight excluding hydrogens is 306 g/mol. The third-order valence-electron chi connectivity index (χ3n) is 3.95. The van der Waals surface area contributed by atoms with Crippen LogP contribution in [0, 0.1) is 5.92 Å². The van der Waals surface area contributed by atoms with Gasteiger partial charge in [0.25, 0.3) is 0 Å². The van der Waals surface area contributed by atoms with Crippen LogP contribution in [0.4, 0.5) is 4.79 Å². The minimum absolute atomic E-state index is 0.326. The van der Waals surface area contributed by atoms with Crippen molar-refractivity contribution in [1.82, 2.24) is 4.90 Å². The first-order chi connectivity index (χ1) is 11.2. The molecule has 0 bridgehead atoms. The third-order valence-corrected chi connectivity index (χ3v) is 3.95. The van der Waals surface area contributed by atoms with Crippen LogP contribution in [-0.4, -0.2) is 42.1 Å². The molecule has 1 heterocycles. The van der Waals surface area contributed by atoms with Crippen LogP contribution >= 0.6 is 0 Å². The molecule has 0 radical (unpaired) electrons. The summed E-state index contributed by atoms with van der Waals surface area (Å²) in [7, 11) is 0. The number of carbonyl (C=O) groups excluding carboxylic acids is 2. The molecule has 0 saturated carbocycles. The summed E-state index contributed by atoms with van der Waals surface area (Å²) in [5, 5.41) is 0. The van der Waals surface area contributed by atoms with Gasteiger partial charge in [0.1, 0.15) is 23.7 Å². The van der Waals surface area contributed by atoms with Crippen molar-refractivity contribution in [3.05, 3.63) is 29.8 Å². The van der Waals surface area contributed by atoms with Gasteiger partial charge in [0.2, 0.25) is 0 Å². The van der Waals surface area contributed by atoms with E-state index in [1.807, 2.05) is 39.0 Å². The Morgan fingerprint density at radius 1 is 1.29 bits per heavy atom. The minimum Gasteiger partial charge on any atom is -0.488 e. The van der Waals surface area contributed by atoms with Crippen molar-refractivity contribution >= 4 is 12.4 Å². The zero-order valence-electron chi connectivity index (χ0n) is 15.1. The maximum absolute atomic E-state index is 12.2. The second-order valence-corrected chi connectivity index (χ2v) is 7.57. The summed E-state index contributed by atoms with van der Waals surface area (Å²) in [6.07, 6.45) is 0.107. The SMILES string of the molecule is CC(C)c1cccc(OC2CN(C(=O)OC(C)(C)C)CC2C=O)c1. The lowest BCUT2D eigenvalue weighted by atomic mass is 10.0. The smallest absolute Gasteiger partial charge is 0.410 e. The Bertz CT molecular complexity index is 591. The lowest BCUT2D eigenvalue weighted by Crippen LogP contribution is -2.36. The van der Waals surface area contributed by atoms with Crippen molar-refractivity contribution in [1.29, 1.82) is 0 Å². The first-order valence-electron chi connectivity index (χ1n) is 8.39. The number of hydrogen-bond acceptors (Lipinski definition) is 4. The molecule has 2 rings (SSSR count). The first-order valence-corrected chi connectivity index (χ1v) is 8.39. The number of benzene rings is 1. The van der Waals surface area contributed by atoms with Crippen molar-refractivity contribution in [3.8, 4) is 5.75 Å². The number of carbonyl (C=O) groups is 2. The normalized spacial score (nSPS) is 21.0. The Morgan fingerprint density at radius 2 is 2.00 bits per heavy atom. The Hall–Kier alpha value is -2.04. The summed E-state index contributed by atoms with van der Waals surface area (Å²) >= 11 is 0. The molecule has 24 heavy (non-hydrogen) atoms. The van der Waals surface area contributed by atoms with E-state index in [0.29, 0.717) is 19.0 Å². The second kappa shape index (κ2) is 7.24. The molecule has 1 saturated heterocycles. The number of aldehydes is 1. The average Bonchev–Trinajstić information content (AvgIpc) is 2.89. The van der Waals surface area contributed by atoms with E-state index in [0.717, 1.165) is 12.0 Å². The molecule has 0 N–H and O–H groups in total. The van der Waals surface area contributed by atoms with E-state index in [-0.39, 0.29) is 12.0 Å². The van der Waals surface area contributed by atoms with Crippen molar-refractivity contribution in [2.45, 2.75) is 52.2 Å². The number of amides is 1. The topological polar surface area (TPSA) is 55.8 Å². The fourth-order valence-electron chi connectivity index (χ4n) is 2.65. The number of ether oxygens (including phenoxy) is 2. The highest BCUT2D eigenvalue weighted by Gasteiger charge is 2.38. The molecule has 1 amide bonds. The quantitative estimate of drug-likeness (QED) is 0.790. The van der Waals surface area contributed by atoms with Crippen LogP contribution in [0.15, 0.2) is 24.3 Å². The van der Waals surface area contributed by atoms with Gasteiger partial charge in [-0.3, -0.25) is 0 Å². The van der Waals surface area contributed by atoms with Gasteiger partial charge in [-0.15, -0.1) is 0 Å². The van der Waals surface area contributed by atoms with Crippen LogP contribution in [-0.2, 0) is 9.53 Å². The van der Waals surface area contributed by atoms with Crippen molar-refractivity contribution in [2.75, 3.05) is 13.1 Å². The molecule has 0 spiro atoms. The maximum atomic E-state index is 12.2. The molecule has 1 aliphatic heterocycles. The van der Waals surface area contributed by atoms with Gasteiger partial charge in [-0.2, -0.15) is 0 Å². The maximum Gasteiger partial charge on any atom is 0.410 e. The number of rotatable bonds is 4. The zero-order chi connectivity index (χ0) is 17.9. The molecule has 1 fully saturated rings. The summed E-state index contributed by atoms with van der Waals surface area (Å²) in [4.78, 5) is 25.1. The van der Waals surface area contributed by atoms with Crippen LogP contribution in [0.25, 0.3) is 0 Å². The van der Waals surface area contributed by atoms with E-state index < -0.39 is 11.7 Å². The molecule has 5 heteroatoms. The highest BCUT2D eigenvalue weighted by atomic mass is 16.6. The van der Waals surface area contributed by atoms with Gasteiger partial charge in [0, 0.05) is 6.54 Å². The van der Waals surface area contributed by atoms with Crippen molar-refractivity contribution in [3.63, 3.8) is 0 Å². The monoisotopic (exact) mass is 333 g/mol. The van der Waals surface area contributed by atoms with Crippen LogP contribution in [0.1, 0.15) is 46.1 Å². The van der Waals surface area contributed by atoms with Gasteiger partial charge in [0.15, 0.2) is 0 Å². The molecule has 0 aromatic heterocycles. The van der Waals surface area contributed by atoms with E-state index >= 15 is 0 Å². The fraction of sp³-hybridized carbons (Fsp3) is 0.579. The molecular formula is C19H27NO4. The highest BCUT2D eigenvalue weighted by molar-refractivity contribution is 5.70. The van der Waals surface area contributed by atoms with Gasteiger partial charge in [0.05, 0.1) is 12.5 Å². The zero-order valence-corrected chi connectivity index (χ0v) is 15.1. The molecule has 1 aliphatic rings. The van der Waals surface area contributed by atoms with Crippen LogP contribution in [0.2, 0.25) is 0 Å². The van der Waals surface area contributed by atoms with E-state index in [1.54, 1.807) is 4.90 Å². The van der Waals surface area contributed by atoms with Gasteiger partial charge in [-0.25, -0.2) is 4.79 Å². The van der Waals surface area contributed by atoms with Gasteiger partial charge in [-0.05, 0) is 44.4 Å². The van der Waals surface area contributed by atoms with Crippen LogP contribution in [0.5, 0.6) is 5.75 Å². The summed E-state index contributed by atoms with van der Waals surface area (Å²) < 4.78 is 11.4. The fourth-order valence-corrected chi connectivity index (χ4v) is 2.65. The predicted octanol–water partition coefficient (Wildman–Crippen LogP) is 3.62. The van der Waals surface area contributed by atoms with Crippen LogP contribution < -0.4 is 4.74 Å². The van der Waals surface area contributed by atoms with E-state index in [2.05, 4.69) is 19.9 Å². The molecule has 132 valence electrons. The standard InChI is InChI=1S/C19H27NO4/c1-13(2)14-7-6-8-16(9-14)23-17-11-20(10-15(17)12-21)18(22)24-19(3,4)5/h6-9,12-13,15,17H,10-11H2,1-5H3. The molecule has 1 aromatic carbocycles. The second-order valence-electron chi connectivity index (χ2n) is 7.57. The van der Waals surface area contributed by atoms with Crippen LogP contribution in [0.3, 0.4) is 0 Å². The largest absolute Gasteiger partial charge is 0.488 e. The molecule has 1 aromatic rings. The Morgan fingerprint density at radius 3 is 2.58 bits per heavy atom.